The number of carbonyl (C=O) groups is 2. The number of anilines is 4. The second-order valence-electron chi connectivity index (χ2n) is 7.54. The number of carboxylic acid groups (broad SMARTS) is 1. The Kier molecular flexibility index (Phi) is 6.81. The van der Waals surface area contributed by atoms with E-state index in [0.29, 0.717) is 35.6 Å². The van der Waals surface area contributed by atoms with Crippen molar-refractivity contribution < 1.29 is 27.7 Å². The maximum absolute atomic E-state index is 11.9. The van der Waals surface area contributed by atoms with E-state index in [4.69, 9.17) is 4.55 Å². The molecule has 3 aromatic rings. The van der Waals surface area contributed by atoms with Gasteiger partial charge in [0.05, 0.1) is 17.1 Å². The van der Waals surface area contributed by atoms with Gasteiger partial charge in [0.2, 0.25) is 11.9 Å². The van der Waals surface area contributed by atoms with Gasteiger partial charge in [0, 0.05) is 25.7 Å². The van der Waals surface area contributed by atoms with Crippen molar-refractivity contribution in [1.82, 2.24) is 20.3 Å². The largest absolute Gasteiger partial charge is 0.477 e. The summed E-state index contributed by atoms with van der Waals surface area (Å²) in [4.78, 5) is 38.0. The number of nitrogens with one attached hydrogen (secondary N) is 3. The molecule has 35 heavy (non-hydrogen) atoms. The zero-order valence-corrected chi connectivity index (χ0v) is 20.0. The minimum Gasteiger partial charge on any atom is -0.477 e. The summed E-state index contributed by atoms with van der Waals surface area (Å²) < 4.78 is 31.6. The number of benzene rings is 1. The highest BCUT2D eigenvalue weighted by Crippen LogP contribution is 2.27. The number of carboxylic acids is 1. The van der Waals surface area contributed by atoms with Crippen molar-refractivity contribution in [3.05, 3.63) is 46.5 Å². The number of thiazole rings is 1. The molecule has 1 amide bonds. The number of aromatic carboxylic acids is 1. The number of nitrogens with zero attached hydrogens (tertiary/aromatic N) is 4. The Morgan fingerprint density at radius 3 is 2.60 bits per heavy atom. The number of rotatable bonds is 8. The molecule has 1 aliphatic rings. The van der Waals surface area contributed by atoms with Gasteiger partial charge >= 0.3 is 5.97 Å². The van der Waals surface area contributed by atoms with Crippen molar-refractivity contribution in [2.45, 2.75) is 18.4 Å². The SMILES string of the molecule is Cc1nc(Nc2nc(NCc3ccc(S(=O)(=O)O)cc3)cc(N3CCNC(=O)C3)n2)sc1C(=O)O. The molecular formula is C20H21N7O6S2. The van der Waals surface area contributed by atoms with E-state index >= 15 is 0 Å². The third-order valence-electron chi connectivity index (χ3n) is 4.98. The lowest BCUT2D eigenvalue weighted by molar-refractivity contribution is -0.120. The normalized spacial score (nSPS) is 13.9. The van der Waals surface area contributed by atoms with Crippen LogP contribution in [0.1, 0.15) is 20.9 Å². The Balaban J connectivity index is 1.59. The summed E-state index contributed by atoms with van der Waals surface area (Å²) in [6.07, 6.45) is 0. The van der Waals surface area contributed by atoms with Gasteiger partial charge in [-0.1, -0.05) is 23.5 Å². The van der Waals surface area contributed by atoms with Crippen molar-refractivity contribution in [2.24, 2.45) is 0 Å². The Morgan fingerprint density at radius 2 is 1.97 bits per heavy atom. The van der Waals surface area contributed by atoms with Gasteiger partial charge in [0.1, 0.15) is 16.5 Å². The quantitative estimate of drug-likeness (QED) is 0.270. The molecule has 1 aliphatic heterocycles. The van der Waals surface area contributed by atoms with E-state index in [2.05, 4.69) is 30.9 Å². The highest BCUT2D eigenvalue weighted by Gasteiger charge is 2.20. The van der Waals surface area contributed by atoms with Crippen molar-refractivity contribution in [3.63, 3.8) is 0 Å². The Morgan fingerprint density at radius 1 is 1.23 bits per heavy atom. The lowest BCUT2D eigenvalue weighted by atomic mass is 10.2. The first-order valence-electron chi connectivity index (χ1n) is 10.3. The monoisotopic (exact) mass is 519 g/mol. The molecule has 0 aliphatic carbocycles. The molecule has 0 spiro atoms. The summed E-state index contributed by atoms with van der Waals surface area (Å²) in [5.74, 6) is -0.172. The smallest absolute Gasteiger partial charge is 0.347 e. The van der Waals surface area contributed by atoms with Crippen LogP contribution in [-0.4, -0.2) is 64.5 Å². The molecule has 0 bridgehead atoms. The first-order chi connectivity index (χ1) is 16.6. The van der Waals surface area contributed by atoms with Gasteiger partial charge in [-0.05, 0) is 24.6 Å². The van der Waals surface area contributed by atoms with Crippen molar-refractivity contribution in [1.29, 1.82) is 0 Å². The molecule has 13 nitrogen and oxygen atoms in total. The second-order valence-corrected chi connectivity index (χ2v) is 9.96. The molecule has 5 N–H and O–H groups in total. The van der Waals surface area contributed by atoms with Gasteiger partial charge < -0.3 is 20.6 Å². The molecule has 4 rings (SSSR count). The molecule has 2 aromatic heterocycles. The maximum atomic E-state index is 11.9. The predicted octanol–water partition coefficient (Wildman–Crippen LogP) is 1.48. The van der Waals surface area contributed by atoms with E-state index < -0.39 is 16.1 Å². The van der Waals surface area contributed by atoms with Gasteiger partial charge in [-0.3, -0.25) is 14.7 Å². The predicted molar refractivity (Wildman–Crippen MR) is 128 cm³/mol. The number of hydrogen-bond donors (Lipinski definition) is 5. The van der Waals surface area contributed by atoms with Crippen LogP contribution in [0.2, 0.25) is 0 Å². The molecule has 184 valence electrons. The summed E-state index contributed by atoms with van der Waals surface area (Å²) in [5.41, 5.74) is 1.09. The third kappa shape index (κ3) is 6.00. The number of amides is 1. The van der Waals surface area contributed by atoms with Crippen LogP contribution in [0.5, 0.6) is 0 Å². The molecule has 1 aromatic carbocycles. The lowest BCUT2D eigenvalue weighted by Gasteiger charge is -2.28. The molecule has 15 heteroatoms. The van der Waals surface area contributed by atoms with Crippen LogP contribution in [0.3, 0.4) is 0 Å². The number of hydrogen-bond acceptors (Lipinski definition) is 11. The Bertz CT molecular complexity index is 1380. The van der Waals surface area contributed by atoms with Crippen LogP contribution < -0.4 is 20.9 Å². The molecule has 0 radical (unpaired) electrons. The topological polar surface area (TPSA) is 187 Å². The van der Waals surface area contributed by atoms with E-state index in [9.17, 15) is 23.1 Å². The Hall–Kier alpha value is -3.82. The minimum absolute atomic E-state index is 0.100. The van der Waals surface area contributed by atoms with Crippen molar-refractivity contribution in [3.8, 4) is 0 Å². The lowest BCUT2D eigenvalue weighted by Crippen LogP contribution is -2.48. The Labute approximate surface area is 204 Å². The zero-order chi connectivity index (χ0) is 25.2. The highest BCUT2D eigenvalue weighted by atomic mass is 32.2. The fraction of sp³-hybridized carbons (Fsp3) is 0.250. The zero-order valence-electron chi connectivity index (χ0n) is 18.3. The average Bonchev–Trinajstić information content (AvgIpc) is 3.17. The molecule has 0 unspecified atom stereocenters. The molecule has 1 saturated heterocycles. The van der Waals surface area contributed by atoms with Crippen LogP contribution in [0.15, 0.2) is 35.2 Å². The van der Waals surface area contributed by atoms with Crippen LogP contribution in [-0.2, 0) is 21.5 Å². The number of piperazine rings is 1. The summed E-state index contributed by atoms with van der Waals surface area (Å²) in [6, 6.07) is 7.37. The molecule has 1 fully saturated rings. The average molecular weight is 520 g/mol. The van der Waals surface area contributed by atoms with Gasteiger partial charge in [0.15, 0.2) is 5.13 Å². The van der Waals surface area contributed by atoms with Gasteiger partial charge in [-0.2, -0.15) is 18.4 Å². The number of aryl methyl sites for hydroxylation is 1. The summed E-state index contributed by atoms with van der Waals surface area (Å²) >= 11 is 0.954. The first kappa shape index (κ1) is 24.3. The van der Waals surface area contributed by atoms with Crippen LogP contribution >= 0.6 is 11.3 Å². The summed E-state index contributed by atoms with van der Waals surface area (Å²) in [6.45, 7) is 2.99. The fourth-order valence-electron chi connectivity index (χ4n) is 3.29. The van der Waals surface area contributed by atoms with Crippen molar-refractivity contribution >= 4 is 56.0 Å². The number of aromatic nitrogens is 3. The van der Waals surface area contributed by atoms with Crippen molar-refractivity contribution in [2.75, 3.05) is 35.2 Å². The minimum atomic E-state index is -4.28. The third-order valence-corrected chi connectivity index (χ3v) is 6.91. The first-order valence-corrected chi connectivity index (χ1v) is 12.5. The van der Waals surface area contributed by atoms with Gasteiger partial charge in [0.25, 0.3) is 10.1 Å². The second kappa shape index (κ2) is 9.81. The standard InChI is InChI=1S/C20H21N7O6S2/c1-11-17(18(29)30)34-20(23-11)26-19-24-14(8-15(25-19)27-7-6-21-16(28)10-27)22-9-12-2-4-13(5-3-12)35(31,32)33/h2-5,8H,6-7,9-10H2,1H3,(H,21,28)(H,29,30)(H,31,32,33)(H2,22,23,24,25,26). The molecule has 3 heterocycles. The van der Waals surface area contributed by atoms with E-state index in [-0.39, 0.29) is 34.7 Å². The van der Waals surface area contributed by atoms with Gasteiger partial charge in [-0.15, -0.1) is 0 Å². The maximum Gasteiger partial charge on any atom is 0.347 e. The van der Waals surface area contributed by atoms with Crippen LogP contribution in [0.25, 0.3) is 0 Å². The summed E-state index contributed by atoms with van der Waals surface area (Å²) in [5, 5.41) is 18.4. The van der Waals surface area contributed by atoms with Crippen LogP contribution in [0, 0.1) is 6.92 Å². The molecule has 0 saturated carbocycles. The molecule has 0 atom stereocenters. The number of carbonyl (C=O) groups excluding carboxylic acids is 1. The fourth-order valence-corrected chi connectivity index (χ4v) is 4.57. The summed E-state index contributed by atoms with van der Waals surface area (Å²) in [7, 11) is -4.28. The van der Waals surface area contributed by atoms with Gasteiger partial charge in [-0.25, -0.2) is 9.78 Å². The highest BCUT2D eigenvalue weighted by molar-refractivity contribution is 7.85. The van der Waals surface area contributed by atoms with E-state index in [1.54, 1.807) is 30.0 Å². The van der Waals surface area contributed by atoms with E-state index in [1.807, 2.05) is 0 Å². The van der Waals surface area contributed by atoms with Crippen LogP contribution in [0.4, 0.5) is 22.7 Å². The molecular weight excluding hydrogens is 498 g/mol. The van der Waals surface area contributed by atoms with E-state index in [1.165, 1.54) is 12.1 Å². The van der Waals surface area contributed by atoms with E-state index in [0.717, 1.165) is 16.9 Å².